The van der Waals surface area contributed by atoms with Crippen LogP contribution in [-0.4, -0.2) is 23.0 Å². The summed E-state index contributed by atoms with van der Waals surface area (Å²) < 4.78 is 16.0. The maximum Gasteiger partial charge on any atom is 0.273 e. The van der Waals surface area contributed by atoms with Crippen LogP contribution in [0.1, 0.15) is 10.5 Å². The molecule has 0 saturated carbocycles. The summed E-state index contributed by atoms with van der Waals surface area (Å²) in [6.45, 7) is -1.01. The Kier molecular flexibility index (Phi) is 2.05. The van der Waals surface area contributed by atoms with E-state index in [4.69, 9.17) is 5.73 Å². The van der Waals surface area contributed by atoms with Crippen molar-refractivity contribution in [3.05, 3.63) is 11.9 Å². The molecule has 60 valence electrons. The van der Waals surface area contributed by atoms with Crippen LogP contribution < -0.4 is 10.5 Å². The molecule has 5 nitrogen and oxygen atoms in total. The highest BCUT2D eigenvalue weighted by atomic mass is 19.1. The van der Waals surface area contributed by atoms with E-state index in [9.17, 15) is 9.18 Å². The van der Waals surface area contributed by atoms with Gasteiger partial charge in [0.15, 0.2) is 11.4 Å². The summed E-state index contributed by atoms with van der Waals surface area (Å²) in [4.78, 5) is 10.5. The first kappa shape index (κ1) is 7.52. The molecule has 0 atom stereocenters. The van der Waals surface area contributed by atoms with Crippen molar-refractivity contribution in [2.75, 3.05) is 6.86 Å². The quantitative estimate of drug-likeness (QED) is 0.641. The van der Waals surface area contributed by atoms with Gasteiger partial charge in [0, 0.05) is 0 Å². The van der Waals surface area contributed by atoms with Crippen LogP contribution in [0.3, 0.4) is 0 Å². The number of nitrogens with one attached hydrogen (secondary N) is 1. The molecule has 1 heterocycles. The summed E-state index contributed by atoms with van der Waals surface area (Å²) in [6.07, 6.45) is 1.25. The molecule has 0 fully saturated rings. The van der Waals surface area contributed by atoms with Gasteiger partial charge in [0.25, 0.3) is 5.91 Å². The van der Waals surface area contributed by atoms with E-state index < -0.39 is 12.8 Å². The van der Waals surface area contributed by atoms with Crippen LogP contribution in [0, 0.1) is 0 Å². The number of rotatable bonds is 3. The van der Waals surface area contributed by atoms with Gasteiger partial charge < -0.3 is 10.5 Å². The predicted molar refractivity (Wildman–Crippen MR) is 33.7 cm³/mol. The standard InChI is InChI=1S/C5H6FN3O2/c6-2-11-3-1-8-9-4(3)5(7)10/h1H,2H2,(H2,7,10)(H,8,9). The molecule has 0 radical (unpaired) electrons. The molecular weight excluding hydrogens is 153 g/mol. The topological polar surface area (TPSA) is 81.0 Å². The number of amides is 1. The van der Waals surface area contributed by atoms with Crippen LogP contribution in [0.2, 0.25) is 0 Å². The van der Waals surface area contributed by atoms with E-state index in [0.717, 1.165) is 0 Å². The normalized spacial score (nSPS) is 9.55. The molecule has 11 heavy (non-hydrogen) atoms. The summed E-state index contributed by atoms with van der Waals surface area (Å²) in [6, 6.07) is 0. The molecule has 6 heteroatoms. The fourth-order valence-electron chi connectivity index (χ4n) is 0.624. The number of alkyl halides is 1. The van der Waals surface area contributed by atoms with E-state index in [-0.39, 0.29) is 11.4 Å². The highest BCUT2D eigenvalue weighted by molar-refractivity contribution is 5.93. The van der Waals surface area contributed by atoms with E-state index >= 15 is 0 Å². The molecule has 0 unspecified atom stereocenters. The lowest BCUT2D eigenvalue weighted by atomic mass is 10.4. The minimum atomic E-state index is -1.01. The minimum Gasteiger partial charge on any atom is -0.459 e. The molecule has 0 aliphatic rings. The van der Waals surface area contributed by atoms with E-state index in [1.165, 1.54) is 6.20 Å². The molecule has 0 saturated heterocycles. The lowest BCUT2D eigenvalue weighted by Crippen LogP contribution is -2.12. The molecule has 0 aromatic carbocycles. The van der Waals surface area contributed by atoms with Gasteiger partial charge in [-0.25, -0.2) is 4.39 Å². The van der Waals surface area contributed by atoms with E-state index in [0.29, 0.717) is 0 Å². The first-order valence-corrected chi connectivity index (χ1v) is 2.78. The number of carbonyl (C=O) groups is 1. The zero-order valence-electron chi connectivity index (χ0n) is 5.50. The van der Waals surface area contributed by atoms with Gasteiger partial charge in [-0.1, -0.05) is 0 Å². The third-order valence-corrected chi connectivity index (χ3v) is 1.05. The number of primary amides is 1. The van der Waals surface area contributed by atoms with Crippen molar-refractivity contribution in [3.63, 3.8) is 0 Å². The Bertz CT molecular complexity index is 260. The van der Waals surface area contributed by atoms with Crippen LogP contribution in [-0.2, 0) is 0 Å². The van der Waals surface area contributed by atoms with Crippen molar-refractivity contribution in [1.82, 2.24) is 10.2 Å². The van der Waals surface area contributed by atoms with Crippen molar-refractivity contribution >= 4 is 5.91 Å². The number of halogens is 1. The number of aromatic nitrogens is 2. The molecular formula is C5H6FN3O2. The first-order chi connectivity index (χ1) is 5.25. The average Bonchev–Trinajstić information content (AvgIpc) is 2.36. The predicted octanol–water partition coefficient (Wildman–Crippen LogP) is -0.186. The lowest BCUT2D eigenvalue weighted by Gasteiger charge is -1.96. The van der Waals surface area contributed by atoms with Gasteiger partial charge >= 0.3 is 0 Å². The summed E-state index contributed by atoms with van der Waals surface area (Å²) in [5.74, 6) is -0.727. The zero-order valence-corrected chi connectivity index (χ0v) is 5.50. The van der Waals surface area contributed by atoms with Gasteiger partial charge in [-0.15, -0.1) is 0 Å². The average molecular weight is 159 g/mol. The number of hydrogen-bond donors (Lipinski definition) is 2. The lowest BCUT2D eigenvalue weighted by molar-refractivity contribution is 0.0988. The number of H-pyrrole nitrogens is 1. The SMILES string of the molecule is NC(=O)c1n[nH]cc1OCF. The Balaban J connectivity index is 2.87. The third kappa shape index (κ3) is 1.46. The van der Waals surface area contributed by atoms with Gasteiger partial charge in [-0.2, -0.15) is 5.10 Å². The summed E-state index contributed by atoms with van der Waals surface area (Å²) in [5.41, 5.74) is 4.77. The number of hydrogen-bond acceptors (Lipinski definition) is 3. The van der Waals surface area contributed by atoms with Gasteiger partial charge in [0.05, 0.1) is 6.20 Å². The maximum atomic E-state index is 11.6. The largest absolute Gasteiger partial charge is 0.459 e. The molecule has 3 N–H and O–H groups in total. The molecule has 0 bridgehead atoms. The second-order valence-electron chi connectivity index (χ2n) is 1.72. The maximum absolute atomic E-state index is 11.6. The number of aromatic amines is 1. The van der Waals surface area contributed by atoms with E-state index in [1.54, 1.807) is 0 Å². The smallest absolute Gasteiger partial charge is 0.273 e. The van der Waals surface area contributed by atoms with Crippen LogP contribution in [0.5, 0.6) is 5.75 Å². The fourth-order valence-corrected chi connectivity index (χ4v) is 0.624. The molecule has 0 aliphatic heterocycles. The van der Waals surface area contributed by atoms with E-state index in [2.05, 4.69) is 14.9 Å². The summed E-state index contributed by atoms with van der Waals surface area (Å²) >= 11 is 0. The second kappa shape index (κ2) is 3.00. The van der Waals surface area contributed by atoms with Crippen molar-refractivity contribution in [1.29, 1.82) is 0 Å². The van der Waals surface area contributed by atoms with Crippen molar-refractivity contribution < 1.29 is 13.9 Å². The number of ether oxygens (including phenoxy) is 1. The van der Waals surface area contributed by atoms with Gasteiger partial charge in [-0.3, -0.25) is 9.89 Å². The Morgan fingerprint density at radius 2 is 2.64 bits per heavy atom. The number of carbonyl (C=O) groups excluding carboxylic acids is 1. The Morgan fingerprint density at radius 3 is 3.18 bits per heavy atom. The van der Waals surface area contributed by atoms with Crippen LogP contribution in [0.15, 0.2) is 6.20 Å². The van der Waals surface area contributed by atoms with Gasteiger partial charge in [0.2, 0.25) is 6.86 Å². The van der Waals surface area contributed by atoms with Gasteiger partial charge in [0.1, 0.15) is 0 Å². The molecule has 1 amide bonds. The fraction of sp³-hybridized carbons (Fsp3) is 0.200. The molecule has 1 rings (SSSR count). The highest BCUT2D eigenvalue weighted by Crippen LogP contribution is 2.13. The molecule has 1 aromatic heterocycles. The minimum absolute atomic E-state index is 0.0278. The molecule has 0 aliphatic carbocycles. The van der Waals surface area contributed by atoms with E-state index in [1.807, 2.05) is 0 Å². The Hall–Kier alpha value is -1.59. The zero-order chi connectivity index (χ0) is 8.27. The van der Waals surface area contributed by atoms with Crippen molar-refractivity contribution in [2.24, 2.45) is 5.73 Å². The van der Waals surface area contributed by atoms with Crippen LogP contribution in [0.25, 0.3) is 0 Å². The number of nitrogens with zero attached hydrogens (tertiary/aromatic N) is 1. The Morgan fingerprint density at radius 1 is 1.91 bits per heavy atom. The summed E-state index contributed by atoms with van der Waals surface area (Å²) in [7, 11) is 0. The van der Waals surface area contributed by atoms with Gasteiger partial charge in [-0.05, 0) is 0 Å². The summed E-state index contributed by atoms with van der Waals surface area (Å²) in [5, 5.41) is 5.77. The second-order valence-corrected chi connectivity index (χ2v) is 1.72. The number of nitrogens with two attached hydrogens (primary N) is 1. The third-order valence-electron chi connectivity index (χ3n) is 1.05. The highest BCUT2D eigenvalue weighted by Gasteiger charge is 2.11. The molecule has 0 spiro atoms. The van der Waals surface area contributed by atoms with Crippen molar-refractivity contribution in [3.8, 4) is 5.75 Å². The Labute approximate surface area is 61.3 Å². The van der Waals surface area contributed by atoms with Crippen molar-refractivity contribution in [2.45, 2.75) is 0 Å². The first-order valence-electron chi connectivity index (χ1n) is 2.78. The van der Waals surface area contributed by atoms with Crippen LogP contribution in [0.4, 0.5) is 4.39 Å². The molecule has 1 aromatic rings. The van der Waals surface area contributed by atoms with Crippen LogP contribution >= 0.6 is 0 Å². The monoisotopic (exact) mass is 159 g/mol.